The third-order valence-electron chi connectivity index (χ3n) is 3.21. The second-order valence-electron chi connectivity index (χ2n) is 4.65. The van der Waals surface area contributed by atoms with E-state index in [0.29, 0.717) is 26.3 Å². The van der Waals surface area contributed by atoms with E-state index in [0.717, 1.165) is 0 Å². The van der Waals surface area contributed by atoms with Crippen molar-refractivity contribution < 1.29 is 29.3 Å². The number of aliphatic hydroxyl groups is 1. The Labute approximate surface area is 117 Å². The zero-order chi connectivity index (χ0) is 15.1. The standard InChI is InChI=1S/C12H22N2O6/c1-19-5-3-13(4-6-20-2)12(18)14-8-9(15)7-10(14)11(16)17/h9-10,15H,3-8H2,1-2H3,(H,16,17)/t9?,10-/m0/s1. The topological polar surface area (TPSA) is 99.5 Å². The number of ether oxygens (including phenoxy) is 2. The van der Waals surface area contributed by atoms with Gasteiger partial charge in [0.15, 0.2) is 0 Å². The SMILES string of the molecule is COCCN(CCOC)C(=O)N1CC(O)C[C@H]1C(=O)O. The van der Waals surface area contributed by atoms with E-state index in [-0.39, 0.29) is 13.0 Å². The summed E-state index contributed by atoms with van der Waals surface area (Å²) in [6.07, 6.45) is -0.740. The number of carboxylic acids is 1. The first-order valence-corrected chi connectivity index (χ1v) is 6.45. The number of nitrogens with zero attached hydrogens (tertiary/aromatic N) is 2. The van der Waals surface area contributed by atoms with Crippen LogP contribution in [0, 0.1) is 0 Å². The van der Waals surface area contributed by atoms with Gasteiger partial charge in [-0.2, -0.15) is 0 Å². The summed E-state index contributed by atoms with van der Waals surface area (Å²) in [7, 11) is 3.05. The van der Waals surface area contributed by atoms with Crippen molar-refractivity contribution in [1.82, 2.24) is 9.80 Å². The Kier molecular flexibility index (Phi) is 6.69. The Balaban J connectivity index is 2.73. The van der Waals surface area contributed by atoms with Crippen molar-refractivity contribution in [2.24, 2.45) is 0 Å². The third-order valence-corrected chi connectivity index (χ3v) is 3.21. The Morgan fingerprint density at radius 2 is 1.80 bits per heavy atom. The normalized spacial score (nSPS) is 22.1. The third kappa shape index (κ3) is 4.32. The van der Waals surface area contributed by atoms with Gasteiger partial charge in [-0.3, -0.25) is 0 Å². The maximum absolute atomic E-state index is 12.4. The van der Waals surface area contributed by atoms with Crippen LogP contribution in [0.25, 0.3) is 0 Å². The number of urea groups is 1. The number of hydrogen-bond acceptors (Lipinski definition) is 5. The molecule has 1 unspecified atom stereocenters. The molecule has 116 valence electrons. The second kappa shape index (κ2) is 8.03. The molecule has 0 aromatic rings. The Morgan fingerprint density at radius 1 is 1.25 bits per heavy atom. The molecule has 1 heterocycles. The molecule has 2 N–H and O–H groups in total. The molecule has 2 atom stereocenters. The summed E-state index contributed by atoms with van der Waals surface area (Å²) in [4.78, 5) is 26.2. The predicted molar refractivity (Wildman–Crippen MR) is 69.5 cm³/mol. The molecule has 1 aliphatic rings. The minimum absolute atomic E-state index is 0.0340. The van der Waals surface area contributed by atoms with Crippen LogP contribution in [-0.2, 0) is 14.3 Å². The van der Waals surface area contributed by atoms with Gasteiger partial charge in [0.1, 0.15) is 6.04 Å². The van der Waals surface area contributed by atoms with Gasteiger partial charge in [0.05, 0.1) is 19.3 Å². The maximum Gasteiger partial charge on any atom is 0.326 e. The summed E-state index contributed by atoms with van der Waals surface area (Å²) in [6, 6.07) is -1.40. The average molecular weight is 290 g/mol. The number of aliphatic carboxylic acids is 1. The van der Waals surface area contributed by atoms with Gasteiger partial charge in [0.2, 0.25) is 0 Å². The molecule has 1 saturated heterocycles. The Hall–Kier alpha value is -1.38. The molecule has 1 rings (SSSR count). The van der Waals surface area contributed by atoms with Crippen LogP contribution in [0.15, 0.2) is 0 Å². The molecule has 0 bridgehead atoms. The number of hydrogen-bond donors (Lipinski definition) is 2. The van der Waals surface area contributed by atoms with E-state index >= 15 is 0 Å². The van der Waals surface area contributed by atoms with Gasteiger partial charge in [-0.15, -0.1) is 0 Å². The van der Waals surface area contributed by atoms with Crippen molar-refractivity contribution in [3.05, 3.63) is 0 Å². The van der Waals surface area contributed by atoms with Crippen LogP contribution in [-0.4, -0.2) is 91.2 Å². The van der Waals surface area contributed by atoms with E-state index < -0.39 is 24.1 Å². The lowest BCUT2D eigenvalue weighted by Gasteiger charge is -2.30. The van der Waals surface area contributed by atoms with Crippen molar-refractivity contribution in [2.45, 2.75) is 18.6 Å². The molecule has 0 aromatic heterocycles. The summed E-state index contributed by atoms with van der Waals surface area (Å²) in [6.45, 7) is 1.43. The quantitative estimate of drug-likeness (QED) is 0.638. The van der Waals surface area contributed by atoms with Gasteiger partial charge in [0.25, 0.3) is 0 Å². The van der Waals surface area contributed by atoms with Crippen LogP contribution in [0.3, 0.4) is 0 Å². The fourth-order valence-electron chi connectivity index (χ4n) is 2.15. The van der Waals surface area contributed by atoms with E-state index in [1.54, 1.807) is 0 Å². The fraction of sp³-hybridized carbons (Fsp3) is 0.833. The smallest absolute Gasteiger partial charge is 0.326 e. The van der Waals surface area contributed by atoms with E-state index in [9.17, 15) is 14.7 Å². The van der Waals surface area contributed by atoms with Gasteiger partial charge >= 0.3 is 12.0 Å². The molecule has 0 radical (unpaired) electrons. The van der Waals surface area contributed by atoms with Gasteiger partial charge in [-0.1, -0.05) is 0 Å². The molecular weight excluding hydrogens is 268 g/mol. The van der Waals surface area contributed by atoms with E-state index in [1.165, 1.54) is 24.0 Å². The van der Waals surface area contributed by atoms with Crippen LogP contribution in [0.1, 0.15) is 6.42 Å². The zero-order valence-electron chi connectivity index (χ0n) is 11.8. The summed E-state index contributed by atoms with van der Waals surface area (Å²) in [5, 5.41) is 18.7. The molecule has 0 saturated carbocycles. The predicted octanol–water partition coefficient (Wildman–Crippen LogP) is -0.779. The minimum Gasteiger partial charge on any atom is -0.480 e. The number of β-amino-alcohol motifs (C(OH)–C–C–N with tert-alkyl or cyclic N) is 1. The zero-order valence-corrected chi connectivity index (χ0v) is 11.8. The average Bonchev–Trinajstić information content (AvgIpc) is 2.80. The largest absolute Gasteiger partial charge is 0.480 e. The molecule has 8 nitrogen and oxygen atoms in total. The van der Waals surface area contributed by atoms with Gasteiger partial charge in [-0.05, 0) is 0 Å². The van der Waals surface area contributed by atoms with Crippen molar-refractivity contribution in [3.63, 3.8) is 0 Å². The molecule has 2 amide bonds. The van der Waals surface area contributed by atoms with Gasteiger partial charge in [-0.25, -0.2) is 9.59 Å². The first kappa shape index (κ1) is 16.7. The van der Waals surface area contributed by atoms with Gasteiger partial charge < -0.3 is 29.5 Å². The van der Waals surface area contributed by atoms with Crippen molar-refractivity contribution >= 4 is 12.0 Å². The number of rotatable bonds is 7. The molecule has 0 spiro atoms. The highest BCUT2D eigenvalue weighted by Crippen LogP contribution is 2.20. The summed E-state index contributed by atoms with van der Waals surface area (Å²) in [5.41, 5.74) is 0. The van der Waals surface area contributed by atoms with Crippen LogP contribution in [0.5, 0.6) is 0 Å². The van der Waals surface area contributed by atoms with Crippen LogP contribution >= 0.6 is 0 Å². The van der Waals surface area contributed by atoms with Crippen molar-refractivity contribution in [1.29, 1.82) is 0 Å². The lowest BCUT2D eigenvalue weighted by atomic mass is 10.2. The molecule has 1 fully saturated rings. The first-order valence-electron chi connectivity index (χ1n) is 6.45. The van der Waals surface area contributed by atoms with E-state index in [2.05, 4.69) is 0 Å². The summed E-state index contributed by atoms with van der Waals surface area (Å²) in [5.74, 6) is -1.10. The Morgan fingerprint density at radius 3 is 2.25 bits per heavy atom. The van der Waals surface area contributed by atoms with E-state index in [1.807, 2.05) is 0 Å². The lowest BCUT2D eigenvalue weighted by molar-refractivity contribution is -0.141. The molecular formula is C12H22N2O6. The summed E-state index contributed by atoms with van der Waals surface area (Å²) >= 11 is 0. The first-order chi connectivity index (χ1) is 9.51. The number of methoxy groups -OCH3 is 2. The molecule has 20 heavy (non-hydrogen) atoms. The number of aliphatic hydroxyl groups excluding tert-OH is 1. The Bertz CT molecular complexity index is 330. The van der Waals surface area contributed by atoms with Crippen molar-refractivity contribution in [2.75, 3.05) is 47.1 Å². The van der Waals surface area contributed by atoms with Crippen LogP contribution < -0.4 is 0 Å². The minimum atomic E-state index is -1.10. The van der Waals surface area contributed by atoms with Crippen LogP contribution in [0.2, 0.25) is 0 Å². The molecule has 0 aliphatic carbocycles. The molecule has 0 aromatic carbocycles. The second-order valence-corrected chi connectivity index (χ2v) is 4.65. The van der Waals surface area contributed by atoms with Crippen LogP contribution in [0.4, 0.5) is 4.79 Å². The number of amides is 2. The highest BCUT2D eigenvalue weighted by atomic mass is 16.5. The highest BCUT2D eigenvalue weighted by Gasteiger charge is 2.40. The number of carbonyl (C=O) groups excluding carboxylic acids is 1. The maximum atomic E-state index is 12.4. The number of carbonyl (C=O) groups is 2. The molecule has 1 aliphatic heterocycles. The van der Waals surface area contributed by atoms with Gasteiger partial charge in [0, 0.05) is 40.3 Å². The highest BCUT2D eigenvalue weighted by molar-refractivity contribution is 5.83. The summed E-state index contributed by atoms with van der Waals surface area (Å²) < 4.78 is 9.88. The number of likely N-dealkylation sites (tertiary alicyclic amines) is 1. The van der Waals surface area contributed by atoms with Crippen molar-refractivity contribution in [3.8, 4) is 0 Å². The fourth-order valence-corrected chi connectivity index (χ4v) is 2.15. The van der Waals surface area contributed by atoms with E-state index in [4.69, 9.17) is 14.6 Å². The number of carboxylic acid groups (broad SMARTS) is 1. The molecule has 8 heteroatoms. The lowest BCUT2D eigenvalue weighted by Crippen LogP contribution is -2.49. The monoisotopic (exact) mass is 290 g/mol.